The van der Waals surface area contributed by atoms with Gasteiger partial charge in [-0.05, 0) is 61.9 Å². The van der Waals surface area contributed by atoms with Crippen molar-refractivity contribution in [2.75, 3.05) is 20.3 Å². The summed E-state index contributed by atoms with van der Waals surface area (Å²) in [5.41, 5.74) is 4.44. The highest BCUT2D eigenvalue weighted by atomic mass is 16.5. The van der Waals surface area contributed by atoms with Crippen LogP contribution in [0.15, 0.2) is 71.8 Å². The highest BCUT2D eigenvalue weighted by Crippen LogP contribution is 2.50. The number of para-hydroxylation sites is 1. The van der Waals surface area contributed by atoms with Gasteiger partial charge >= 0.3 is 5.97 Å². The fourth-order valence-corrected chi connectivity index (χ4v) is 4.56. The molecule has 2 aliphatic rings. The molecule has 3 aromatic rings. The number of rotatable bonds is 7. The summed E-state index contributed by atoms with van der Waals surface area (Å²) in [6.45, 7) is 5.10. The smallest absolute Gasteiger partial charge is 0.337 e. The summed E-state index contributed by atoms with van der Waals surface area (Å²) in [6, 6.07) is 21.3. The molecule has 0 N–H and O–H groups in total. The first-order valence-corrected chi connectivity index (χ1v) is 11.8. The van der Waals surface area contributed by atoms with Crippen LogP contribution in [0, 0.1) is 0 Å². The van der Waals surface area contributed by atoms with E-state index < -0.39 is 6.23 Å². The number of hydrazone groups is 1. The monoisotopic (exact) mass is 472 g/mol. The predicted molar refractivity (Wildman–Crippen MR) is 132 cm³/mol. The van der Waals surface area contributed by atoms with Crippen LogP contribution in [0.4, 0.5) is 0 Å². The normalized spacial score (nSPS) is 18.1. The molecule has 2 heterocycles. The Morgan fingerprint density at radius 3 is 2.43 bits per heavy atom. The van der Waals surface area contributed by atoms with Crippen LogP contribution < -0.4 is 14.2 Å². The summed E-state index contributed by atoms with van der Waals surface area (Å²) in [5, 5.41) is 7.02. The van der Waals surface area contributed by atoms with Gasteiger partial charge in [-0.1, -0.05) is 24.3 Å². The van der Waals surface area contributed by atoms with Gasteiger partial charge in [0.25, 0.3) is 0 Å². The number of nitrogens with zero attached hydrogens (tertiary/aromatic N) is 2. The Bertz CT molecular complexity index is 1240. The first-order valence-electron chi connectivity index (χ1n) is 11.8. The van der Waals surface area contributed by atoms with Gasteiger partial charge in [-0.3, -0.25) is 0 Å². The average molecular weight is 473 g/mol. The third-order valence-corrected chi connectivity index (χ3v) is 6.20. The van der Waals surface area contributed by atoms with E-state index in [1.165, 1.54) is 7.11 Å². The topological polar surface area (TPSA) is 69.6 Å². The van der Waals surface area contributed by atoms with Gasteiger partial charge in [0.2, 0.25) is 6.23 Å². The molecule has 2 atom stereocenters. The zero-order valence-electron chi connectivity index (χ0n) is 20.1. The molecule has 0 saturated carbocycles. The van der Waals surface area contributed by atoms with E-state index in [1.807, 2.05) is 67.4 Å². The van der Waals surface area contributed by atoms with E-state index in [-0.39, 0.29) is 12.0 Å². The number of hydrogen-bond acceptors (Lipinski definition) is 7. The van der Waals surface area contributed by atoms with Crippen molar-refractivity contribution >= 4 is 11.7 Å². The van der Waals surface area contributed by atoms with Gasteiger partial charge < -0.3 is 18.9 Å². The van der Waals surface area contributed by atoms with Crippen molar-refractivity contribution in [3.05, 3.63) is 89.0 Å². The second-order valence-corrected chi connectivity index (χ2v) is 8.30. The fraction of sp³-hybridized carbons (Fsp3) is 0.286. The van der Waals surface area contributed by atoms with Crippen LogP contribution in [-0.2, 0) is 4.74 Å². The van der Waals surface area contributed by atoms with Crippen LogP contribution in [0.3, 0.4) is 0 Å². The maximum absolute atomic E-state index is 11.9. The maximum atomic E-state index is 11.9. The largest absolute Gasteiger partial charge is 0.494 e. The summed E-state index contributed by atoms with van der Waals surface area (Å²) in [6.07, 6.45) is 0.262. The van der Waals surface area contributed by atoms with E-state index >= 15 is 0 Å². The summed E-state index contributed by atoms with van der Waals surface area (Å²) >= 11 is 0. The Balaban J connectivity index is 1.54. The predicted octanol–water partition coefficient (Wildman–Crippen LogP) is 5.51. The second kappa shape index (κ2) is 9.70. The van der Waals surface area contributed by atoms with E-state index in [9.17, 15) is 4.79 Å². The molecular weight excluding hydrogens is 444 g/mol. The Labute approximate surface area is 204 Å². The lowest BCUT2D eigenvalue weighted by Gasteiger charge is -2.38. The van der Waals surface area contributed by atoms with E-state index in [2.05, 4.69) is 6.07 Å². The molecule has 35 heavy (non-hydrogen) atoms. The third-order valence-electron chi connectivity index (χ3n) is 6.20. The Hall–Kier alpha value is -4.00. The van der Waals surface area contributed by atoms with Crippen LogP contribution in [0.25, 0.3) is 0 Å². The molecule has 0 aliphatic carbocycles. The van der Waals surface area contributed by atoms with Gasteiger partial charge in [0.05, 0.1) is 37.6 Å². The van der Waals surface area contributed by atoms with Gasteiger partial charge in [-0.15, -0.1) is 0 Å². The molecule has 0 spiro atoms. The molecule has 0 bridgehead atoms. The number of fused-ring (bicyclic) bond motifs is 3. The Kier molecular flexibility index (Phi) is 6.31. The van der Waals surface area contributed by atoms with E-state index in [4.69, 9.17) is 24.0 Å². The van der Waals surface area contributed by atoms with Crippen LogP contribution in [-0.4, -0.2) is 37.0 Å². The molecule has 0 fully saturated rings. The van der Waals surface area contributed by atoms with Crippen molar-refractivity contribution < 1.29 is 23.7 Å². The van der Waals surface area contributed by atoms with Crippen molar-refractivity contribution in [2.45, 2.75) is 32.5 Å². The molecule has 0 saturated heterocycles. The van der Waals surface area contributed by atoms with Crippen molar-refractivity contribution in [2.24, 2.45) is 5.10 Å². The summed E-state index contributed by atoms with van der Waals surface area (Å²) < 4.78 is 22.9. The molecule has 3 aromatic carbocycles. The lowest BCUT2D eigenvalue weighted by atomic mass is 9.95. The number of carbonyl (C=O) groups is 1. The van der Waals surface area contributed by atoms with Crippen molar-refractivity contribution in [1.29, 1.82) is 0 Å². The van der Waals surface area contributed by atoms with E-state index in [0.29, 0.717) is 18.8 Å². The van der Waals surface area contributed by atoms with E-state index in [0.717, 1.165) is 46.1 Å². The van der Waals surface area contributed by atoms with Crippen LogP contribution in [0.2, 0.25) is 0 Å². The van der Waals surface area contributed by atoms with E-state index in [1.54, 1.807) is 12.1 Å². The first-order chi connectivity index (χ1) is 17.1. The number of benzene rings is 3. The van der Waals surface area contributed by atoms with Gasteiger partial charge in [0.15, 0.2) is 11.5 Å². The minimum absolute atomic E-state index is 0.00833. The number of ether oxygens (including phenoxy) is 4. The summed E-state index contributed by atoms with van der Waals surface area (Å²) in [4.78, 5) is 11.9. The first kappa shape index (κ1) is 22.8. The molecule has 7 nitrogen and oxygen atoms in total. The van der Waals surface area contributed by atoms with Crippen molar-refractivity contribution in [1.82, 2.24) is 5.01 Å². The standard InChI is InChI=1S/C28H28N2O5/c1-4-33-21-15-13-18(14-16-21)23-17-24-22-7-6-8-25(34-5-2)26(22)35-27(30(24)29-23)19-9-11-20(12-10-19)28(31)32-3/h6-16,24,27H,4-5,17H2,1-3H3/t24-,27-/m0/s1. The quantitative estimate of drug-likeness (QED) is 0.422. The fourth-order valence-electron chi connectivity index (χ4n) is 4.56. The highest BCUT2D eigenvalue weighted by molar-refractivity contribution is 6.02. The summed E-state index contributed by atoms with van der Waals surface area (Å²) in [5.74, 6) is 1.92. The minimum Gasteiger partial charge on any atom is -0.494 e. The second-order valence-electron chi connectivity index (χ2n) is 8.30. The Morgan fingerprint density at radius 2 is 1.74 bits per heavy atom. The van der Waals surface area contributed by atoms with Crippen molar-refractivity contribution in [3.63, 3.8) is 0 Å². The highest BCUT2D eigenvalue weighted by Gasteiger charge is 2.42. The molecule has 7 heteroatoms. The maximum Gasteiger partial charge on any atom is 0.337 e. The van der Waals surface area contributed by atoms with Crippen LogP contribution in [0.5, 0.6) is 17.2 Å². The number of esters is 1. The lowest BCUT2D eigenvalue weighted by Crippen LogP contribution is -2.34. The number of methoxy groups -OCH3 is 1. The zero-order valence-corrected chi connectivity index (χ0v) is 20.1. The van der Waals surface area contributed by atoms with Gasteiger partial charge in [-0.25, -0.2) is 9.80 Å². The average Bonchev–Trinajstić information content (AvgIpc) is 3.35. The third kappa shape index (κ3) is 4.30. The molecule has 0 unspecified atom stereocenters. The lowest BCUT2D eigenvalue weighted by molar-refractivity contribution is -0.0212. The molecule has 2 aliphatic heterocycles. The van der Waals surface area contributed by atoms with Crippen LogP contribution >= 0.6 is 0 Å². The van der Waals surface area contributed by atoms with Gasteiger partial charge in [-0.2, -0.15) is 5.10 Å². The SMILES string of the molecule is CCOc1ccc(C2=NN3[C@@H](C2)c2cccc(OCC)c2O[C@H]3c2ccc(C(=O)OC)cc2)cc1. The van der Waals surface area contributed by atoms with Gasteiger partial charge in [0, 0.05) is 17.5 Å². The molecule has 0 aromatic heterocycles. The van der Waals surface area contributed by atoms with Gasteiger partial charge in [0.1, 0.15) is 5.75 Å². The van der Waals surface area contributed by atoms with Crippen molar-refractivity contribution in [3.8, 4) is 17.2 Å². The van der Waals surface area contributed by atoms with Crippen LogP contribution in [0.1, 0.15) is 59.6 Å². The number of carbonyl (C=O) groups excluding carboxylic acids is 1. The molecule has 0 radical (unpaired) electrons. The minimum atomic E-state index is -0.471. The molecule has 180 valence electrons. The summed E-state index contributed by atoms with van der Waals surface area (Å²) in [7, 11) is 1.37. The molecule has 0 amide bonds. The molecular formula is C28H28N2O5. The Morgan fingerprint density at radius 1 is 1.00 bits per heavy atom. The number of hydrogen-bond donors (Lipinski definition) is 0. The zero-order chi connectivity index (χ0) is 24.4. The molecule has 5 rings (SSSR count).